The molecule has 1 aromatic rings. The van der Waals surface area contributed by atoms with Crippen LogP contribution in [0.5, 0.6) is 0 Å². The third-order valence-electron chi connectivity index (χ3n) is 2.16. The molecule has 0 unspecified atom stereocenters. The molecule has 1 aromatic carbocycles. The fourth-order valence-electron chi connectivity index (χ4n) is 1.41. The third kappa shape index (κ3) is 2.83. The minimum atomic E-state index is -0.823. The molecule has 0 fully saturated rings. The van der Waals surface area contributed by atoms with E-state index in [1.165, 1.54) is 12.1 Å². The Morgan fingerprint density at radius 3 is 2.71 bits per heavy atom. The lowest BCUT2D eigenvalue weighted by Crippen LogP contribution is -2.00. The van der Waals surface area contributed by atoms with Crippen LogP contribution in [-0.4, -0.2) is 11.1 Å². The fourth-order valence-corrected chi connectivity index (χ4v) is 1.41. The molecule has 0 aliphatic rings. The van der Waals surface area contributed by atoms with E-state index in [0.29, 0.717) is 6.42 Å². The van der Waals surface area contributed by atoms with Crippen molar-refractivity contribution >= 4 is 5.97 Å². The normalized spacial score (nSPS) is 10.1. The molecule has 2 nitrogen and oxygen atoms in total. The zero-order valence-electron chi connectivity index (χ0n) is 8.09. The summed E-state index contributed by atoms with van der Waals surface area (Å²) in [6.07, 6.45) is 1.30. The second-order valence-electron chi connectivity index (χ2n) is 3.16. The molecule has 1 rings (SSSR count). The highest BCUT2D eigenvalue weighted by Gasteiger charge is 2.04. The average molecular weight is 196 g/mol. The van der Waals surface area contributed by atoms with Gasteiger partial charge in [0.25, 0.3) is 0 Å². The minimum Gasteiger partial charge on any atom is -0.481 e. The summed E-state index contributed by atoms with van der Waals surface area (Å²) in [4.78, 5) is 10.4. The van der Waals surface area contributed by atoms with Crippen LogP contribution >= 0.6 is 0 Å². The van der Waals surface area contributed by atoms with Crippen LogP contribution in [0.15, 0.2) is 18.2 Å². The topological polar surface area (TPSA) is 37.3 Å². The smallest absolute Gasteiger partial charge is 0.303 e. The summed E-state index contributed by atoms with van der Waals surface area (Å²) in [7, 11) is 0. The maximum atomic E-state index is 12.8. The molecule has 14 heavy (non-hydrogen) atoms. The van der Waals surface area contributed by atoms with Gasteiger partial charge in [-0.25, -0.2) is 4.39 Å². The van der Waals surface area contributed by atoms with Gasteiger partial charge in [0.05, 0.1) is 0 Å². The summed E-state index contributed by atoms with van der Waals surface area (Å²) in [6, 6.07) is 4.50. The van der Waals surface area contributed by atoms with E-state index in [0.717, 1.165) is 17.5 Å². The Morgan fingerprint density at radius 2 is 2.14 bits per heavy atom. The number of aryl methyl sites for hydroxylation is 2. The van der Waals surface area contributed by atoms with Crippen LogP contribution in [0.4, 0.5) is 4.39 Å². The Balaban J connectivity index is 2.80. The molecule has 0 heterocycles. The maximum Gasteiger partial charge on any atom is 0.303 e. The van der Waals surface area contributed by atoms with E-state index < -0.39 is 5.97 Å². The van der Waals surface area contributed by atoms with Crippen molar-refractivity contribution in [1.82, 2.24) is 0 Å². The Labute approximate surface area is 82.4 Å². The van der Waals surface area contributed by atoms with Gasteiger partial charge in [-0.2, -0.15) is 0 Å². The van der Waals surface area contributed by atoms with E-state index in [1.54, 1.807) is 6.07 Å². The summed E-state index contributed by atoms with van der Waals surface area (Å²) in [6.45, 7) is 1.93. The van der Waals surface area contributed by atoms with Crippen LogP contribution in [0.1, 0.15) is 24.5 Å². The lowest BCUT2D eigenvalue weighted by molar-refractivity contribution is -0.136. The van der Waals surface area contributed by atoms with Crippen LogP contribution in [0.2, 0.25) is 0 Å². The number of carbonyl (C=O) groups is 1. The van der Waals surface area contributed by atoms with Crippen molar-refractivity contribution < 1.29 is 14.3 Å². The monoisotopic (exact) mass is 196 g/mol. The second-order valence-corrected chi connectivity index (χ2v) is 3.16. The molecule has 76 valence electrons. The number of hydrogen-bond acceptors (Lipinski definition) is 1. The van der Waals surface area contributed by atoms with Crippen molar-refractivity contribution in [2.75, 3.05) is 0 Å². The van der Waals surface area contributed by atoms with Gasteiger partial charge in [0.2, 0.25) is 0 Å². The van der Waals surface area contributed by atoms with Crippen molar-refractivity contribution in [3.05, 3.63) is 35.1 Å². The summed E-state index contributed by atoms with van der Waals surface area (Å²) in [5.74, 6) is -1.09. The number of benzene rings is 1. The predicted octanol–water partition coefficient (Wildman–Crippen LogP) is 2.41. The predicted molar refractivity (Wildman–Crippen MR) is 51.7 cm³/mol. The zero-order chi connectivity index (χ0) is 10.6. The van der Waals surface area contributed by atoms with E-state index in [2.05, 4.69) is 0 Å². The van der Waals surface area contributed by atoms with Gasteiger partial charge in [-0.1, -0.05) is 13.0 Å². The van der Waals surface area contributed by atoms with Gasteiger partial charge in [0.15, 0.2) is 0 Å². The van der Waals surface area contributed by atoms with Crippen molar-refractivity contribution in [1.29, 1.82) is 0 Å². The van der Waals surface area contributed by atoms with Gasteiger partial charge in [-0.15, -0.1) is 0 Å². The Morgan fingerprint density at radius 1 is 1.43 bits per heavy atom. The van der Waals surface area contributed by atoms with Crippen molar-refractivity contribution in [3.8, 4) is 0 Å². The first kappa shape index (κ1) is 10.7. The molecule has 0 aliphatic heterocycles. The molecule has 0 saturated carbocycles. The standard InChI is InChI=1S/C11H13FO2/c1-2-8-7-10(12)5-3-9(8)4-6-11(13)14/h3,5,7H,2,4,6H2,1H3,(H,13,14). The van der Waals surface area contributed by atoms with Crippen LogP contribution in [0.25, 0.3) is 0 Å². The SMILES string of the molecule is CCc1cc(F)ccc1CCC(=O)O. The van der Waals surface area contributed by atoms with Gasteiger partial charge in [-0.05, 0) is 36.1 Å². The minimum absolute atomic E-state index is 0.0959. The van der Waals surface area contributed by atoms with Crippen LogP contribution in [-0.2, 0) is 17.6 Å². The van der Waals surface area contributed by atoms with Crippen LogP contribution in [0.3, 0.4) is 0 Å². The van der Waals surface area contributed by atoms with E-state index in [1.807, 2.05) is 6.92 Å². The van der Waals surface area contributed by atoms with E-state index in [-0.39, 0.29) is 12.2 Å². The fraction of sp³-hybridized carbons (Fsp3) is 0.364. The molecule has 1 N–H and O–H groups in total. The zero-order valence-corrected chi connectivity index (χ0v) is 8.09. The van der Waals surface area contributed by atoms with Crippen molar-refractivity contribution in [2.24, 2.45) is 0 Å². The first-order valence-corrected chi connectivity index (χ1v) is 4.62. The van der Waals surface area contributed by atoms with Gasteiger partial charge in [0, 0.05) is 6.42 Å². The number of carboxylic acid groups (broad SMARTS) is 1. The van der Waals surface area contributed by atoms with Crippen LogP contribution < -0.4 is 0 Å². The molecule has 0 aromatic heterocycles. The molecule has 0 saturated heterocycles. The third-order valence-corrected chi connectivity index (χ3v) is 2.16. The van der Waals surface area contributed by atoms with Crippen molar-refractivity contribution in [2.45, 2.75) is 26.2 Å². The second kappa shape index (κ2) is 4.74. The van der Waals surface area contributed by atoms with Gasteiger partial charge >= 0.3 is 5.97 Å². The quantitative estimate of drug-likeness (QED) is 0.802. The average Bonchev–Trinajstić information content (AvgIpc) is 2.15. The molecule has 0 aliphatic carbocycles. The highest BCUT2D eigenvalue weighted by molar-refractivity contribution is 5.67. The lowest BCUT2D eigenvalue weighted by Gasteiger charge is -2.06. The summed E-state index contributed by atoms with van der Waals surface area (Å²) >= 11 is 0. The number of hydrogen-bond donors (Lipinski definition) is 1. The highest BCUT2D eigenvalue weighted by Crippen LogP contribution is 2.13. The number of aliphatic carboxylic acids is 1. The van der Waals surface area contributed by atoms with Gasteiger partial charge in [-0.3, -0.25) is 4.79 Å². The molecule has 0 atom stereocenters. The molecule has 0 spiro atoms. The van der Waals surface area contributed by atoms with E-state index in [9.17, 15) is 9.18 Å². The van der Waals surface area contributed by atoms with Gasteiger partial charge < -0.3 is 5.11 Å². The molecular formula is C11H13FO2. The summed E-state index contributed by atoms with van der Waals surface area (Å²) in [5, 5.41) is 8.52. The first-order valence-electron chi connectivity index (χ1n) is 4.62. The Kier molecular flexibility index (Phi) is 3.63. The highest BCUT2D eigenvalue weighted by atomic mass is 19.1. The maximum absolute atomic E-state index is 12.8. The summed E-state index contributed by atoms with van der Waals surface area (Å²) < 4.78 is 12.8. The van der Waals surface area contributed by atoms with E-state index >= 15 is 0 Å². The number of halogens is 1. The molecule has 0 amide bonds. The van der Waals surface area contributed by atoms with Crippen LogP contribution in [0, 0.1) is 5.82 Å². The molecule has 3 heteroatoms. The number of rotatable bonds is 4. The molecule has 0 radical (unpaired) electrons. The molecule has 0 bridgehead atoms. The first-order chi connectivity index (χ1) is 6.63. The summed E-state index contributed by atoms with van der Waals surface area (Å²) in [5.41, 5.74) is 1.82. The molecular weight excluding hydrogens is 183 g/mol. The number of carboxylic acids is 1. The van der Waals surface area contributed by atoms with E-state index in [4.69, 9.17) is 5.11 Å². The van der Waals surface area contributed by atoms with Gasteiger partial charge in [0.1, 0.15) is 5.82 Å². The Hall–Kier alpha value is -1.38. The van der Waals surface area contributed by atoms with Crippen molar-refractivity contribution in [3.63, 3.8) is 0 Å². The lowest BCUT2D eigenvalue weighted by atomic mass is 10.0. The Bertz CT molecular complexity index is 334. The largest absolute Gasteiger partial charge is 0.481 e.